The molecule has 0 aliphatic rings. The molecule has 0 radical (unpaired) electrons. The summed E-state index contributed by atoms with van der Waals surface area (Å²) in [7, 11) is 0. The number of carbonyl (C=O) groups is 1. The van der Waals surface area contributed by atoms with Gasteiger partial charge in [0.15, 0.2) is 0 Å². The fourth-order valence-electron chi connectivity index (χ4n) is 3.05. The summed E-state index contributed by atoms with van der Waals surface area (Å²) in [6, 6.07) is 9.19. The highest BCUT2D eigenvalue weighted by Crippen LogP contribution is 2.27. The van der Waals surface area contributed by atoms with Crippen LogP contribution in [0, 0.1) is 12.3 Å². The maximum Gasteiger partial charge on any atom is 0.150 e. The van der Waals surface area contributed by atoms with Crippen LogP contribution in [-0.2, 0) is 0 Å². The molecule has 0 aliphatic heterocycles. The summed E-state index contributed by atoms with van der Waals surface area (Å²) in [5.41, 5.74) is 4.02. The van der Waals surface area contributed by atoms with Crippen molar-refractivity contribution < 1.29 is 4.79 Å². The smallest absolute Gasteiger partial charge is 0.150 e. The van der Waals surface area contributed by atoms with Gasteiger partial charge in [-0.15, -0.1) is 12.3 Å². The van der Waals surface area contributed by atoms with Crippen molar-refractivity contribution in [2.24, 2.45) is 0 Å². The number of H-pyrrole nitrogens is 1. The summed E-state index contributed by atoms with van der Waals surface area (Å²) in [5.74, 6) is 2.70. The molecule has 1 atom stereocenters. The van der Waals surface area contributed by atoms with Crippen LogP contribution in [0.1, 0.15) is 28.4 Å². The minimum Gasteiger partial charge on any atom is -0.346 e. The van der Waals surface area contributed by atoms with Crippen LogP contribution < -0.4 is 0 Å². The number of hydrogen-bond donors (Lipinski definition) is 1. The predicted molar refractivity (Wildman–Crippen MR) is 98.5 cm³/mol. The summed E-state index contributed by atoms with van der Waals surface area (Å²) < 4.78 is 1.82. The Hall–Kier alpha value is -3.72. The SMILES string of the molecule is C#CCC(c1cccc(C=O)c1)n1cc(-c2ncnc3[nH]ccc23)cn1. The van der Waals surface area contributed by atoms with Crippen molar-refractivity contribution in [3.63, 3.8) is 0 Å². The summed E-state index contributed by atoms with van der Waals surface area (Å²) >= 11 is 0. The largest absolute Gasteiger partial charge is 0.346 e. The fraction of sp³-hybridized carbons (Fsp3) is 0.100. The molecule has 4 rings (SSSR count). The Morgan fingerprint density at radius 3 is 3.08 bits per heavy atom. The third-order valence-electron chi connectivity index (χ3n) is 4.29. The van der Waals surface area contributed by atoms with Crippen molar-refractivity contribution in [1.82, 2.24) is 24.7 Å². The molecule has 0 saturated heterocycles. The number of aromatic amines is 1. The van der Waals surface area contributed by atoms with Crippen LogP contribution in [0.3, 0.4) is 0 Å². The molecule has 3 aromatic heterocycles. The number of fused-ring (bicyclic) bond motifs is 1. The van der Waals surface area contributed by atoms with E-state index in [-0.39, 0.29) is 6.04 Å². The van der Waals surface area contributed by atoms with Crippen LogP contribution >= 0.6 is 0 Å². The van der Waals surface area contributed by atoms with Gasteiger partial charge in [0.05, 0.1) is 17.9 Å². The molecule has 4 aromatic rings. The summed E-state index contributed by atoms with van der Waals surface area (Å²) in [6.07, 6.45) is 13.9. The van der Waals surface area contributed by atoms with E-state index in [9.17, 15) is 4.79 Å². The molecule has 126 valence electrons. The van der Waals surface area contributed by atoms with E-state index in [1.807, 2.05) is 41.3 Å². The van der Waals surface area contributed by atoms with Gasteiger partial charge in [-0.05, 0) is 17.7 Å². The Bertz CT molecular complexity index is 1120. The lowest BCUT2D eigenvalue weighted by Gasteiger charge is -2.16. The van der Waals surface area contributed by atoms with Gasteiger partial charge in [0.2, 0.25) is 0 Å². The maximum absolute atomic E-state index is 11.1. The van der Waals surface area contributed by atoms with Gasteiger partial charge in [-0.1, -0.05) is 18.2 Å². The van der Waals surface area contributed by atoms with Gasteiger partial charge in [-0.2, -0.15) is 5.10 Å². The zero-order valence-electron chi connectivity index (χ0n) is 13.8. The first-order chi connectivity index (χ1) is 12.8. The summed E-state index contributed by atoms with van der Waals surface area (Å²) in [5, 5.41) is 5.43. The van der Waals surface area contributed by atoms with Crippen LogP contribution in [0.25, 0.3) is 22.3 Å². The predicted octanol–water partition coefficient (Wildman–Crippen LogP) is 3.25. The lowest BCUT2D eigenvalue weighted by Crippen LogP contribution is -2.11. The standard InChI is InChI=1S/C20H15N5O/c1-2-4-18(15-6-3-5-14(9-15)12-26)25-11-16(10-24-25)19-17-7-8-21-20(17)23-13-22-19/h1,3,5-13,18H,4H2,(H,21,22,23). The van der Waals surface area contributed by atoms with Gasteiger partial charge < -0.3 is 4.98 Å². The van der Waals surface area contributed by atoms with Gasteiger partial charge in [0, 0.05) is 35.3 Å². The topological polar surface area (TPSA) is 76.5 Å². The molecule has 1 aromatic carbocycles. The number of terminal acetylenes is 1. The number of benzene rings is 1. The Kier molecular flexibility index (Phi) is 4.04. The molecule has 0 aliphatic carbocycles. The number of aromatic nitrogens is 5. The van der Waals surface area contributed by atoms with Crippen LogP contribution in [0.2, 0.25) is 0 Å². The fourth-order valence-corrected chi connectivity index (χ4v) is 3.05. The molecule has 0 bridgehead atoms. The number of rotatable bonds is 5. The minimum atomic E-state index is -0.155. The summed E-state index contributed by atoms with van der Waals surface area (Å²) in [6.45, 7) is 0. The molecular weight excluding hydrogens is 326 g/mol. The number of aldehydes is 1. The Morgan fingerprint density at radius 1 is 1.31 bits per heavy atom. The molecule has 0 spiro atoms. The van der Waals surface area contributed by atoms with E-state index in [2.05, 4.69) is 26.0 Å². The summed E-state index contributed by atoms with van der Waals surface area (Å²) in [4.78, 5) is 22.8. The van der Waals surface area contributed by atoms with E-state index >= 15 is 0 Å². The lowest BCUT2D eigenvalue weighted by molar-refractivity contribution is 0.112. The van der Waals surface area contributed by atoms with E-state index in [4.69, 9.17) is 6.42 Å². The molecule has 6 heteroatoms. The molecule has 0 amide bonds. The molecule has 0 fully saturated rings. The van der Waals surface area contributed by atoms with Gasteiger partial charge in [0.1, 0.15) is 18.3 Å². The second-order valence-electron chi connectivity index (χ2n) is 5.88. The Labute approximate surface area is 149 Å². The average Bonchev–Trinajstić information content (AvgIpc) is 3.35. The van der Waals surface area contributed by atoms with Crippen molar-refractivity contribution in [3.8, 4) is 23.6 Å². The van der Waals surface area contributed by atoms with Crippen LogP contribution in [0.5, 0.6) is 0 Å². The van der Waals surface area contributed by atoms with Crippen molar-refractivity contribution in [2.45, 2.75) is 12.5 Å². The highest BCUT2D eigenvalue weighted by molar-refractivity contribution is 5.90. The van der Waals surface area contributed by atoms with E-state index in [0.717, 1.165) is 34.1 Å². The quantitative estimate of drug-likeness (QED) is 0.446. The third kappa shape index (κ3) is 2.76. The monoisotopic (exact) mass is 341 g/mol. The van der Waals surface area contributed by atoms with E-state index in [0.29, 0.717) is 12.0 Å². The molecular formula is C20H15N5O. The van der Waals surface area contributed by atoms with Crippen molar-refractivity contribution in [1.29, 1.82) is 0 Å². The number of nitrogens with zero attached hydrogens (tertiary/aromatic N) is 4. The zero-order chi connectivity index (χ0) is 17.9. The van der Waals surface area contributed by atoms with Crippen LogP contribution in [-0.4, -0.2) is 31.0 Å². The van der Waals surface area contributed by atoms with Crippen molar-refractivity contribution >= 4 is 17.3 Å². The number of hydrogen-bond acceptors (Lipinski definition) is 4. The van der Waals surface area contributed by atoms with Gasteiger partial charge in [0.25, 0.3) is 0 Å². The molecule has 1 unspecified atom stereocenters. The first kappa shape index (κ1) is 15.8. The second kappa shape index (κ2) is 6.65. The van der Waals surface area contributed by atoms with E-state index < -0.39 is 0 Å². The second-order valence-corrected chi connectivity index (χ2v) is 5.88. The molecule has 26 heavy (non-hydrogen) atoms. The highest BCUT2D eigenvalue weighted by atomic mass is 16.1. The van der Waals surface area contributed by atoms with E-state index in [1.165, 1.54) is 6.33 Å². The normalized spacial score (nSPS) is 12.0. The van der Waals surface area contributed by atoms with Crippen molar-refractivity contribution in [3.05, 3.63) is 66.4 Å². The van der Waals surface area contributed by atoms with Crippen LogP contribution in [0.15, 0.2) is 55.2 Å². The number of nitrogens with one attached hydrogen (secondary N) is 1. The maximum atomic E-state index is 11.1. The minimum absolute atomic E-state index is 0.155. The Balaban J connectivity index is 1.76. The number of carbonyl (C=O) groups excluding carboxylic acids is 1. The first-order valence-electron chi connectivity index (χ1n) is 8.11. The average molecular weight is 341 g/mol. The first-order valence-corrected chi connectivity index (χ1v) is 8.11. The third-order valence-corrected chi connectivity index (χ3v) is 4.29. The molecule has 0 saturated carbocycles. The lowest BCUT2D eigenvalue weighted by atomic mass is 10.0. The van der Waals surface area contributed by atoms with Gasteiger partial charge in [-0.25, -0.2) is 9.97 Å². The highest BCUT2D eigenvalue weighted by Gasteiger charge is 2.16. The Morgan fingerprint density at radius 2 is 2.23 bits per heavy atom. The van der Waals surface area contributed by atoms with Crippen molar-refractivity contribution in [2.75, 3.05) is 0 Å². The van der Waals surface area contributed by atoms with Gasteiger partial charge >= 0.3 is 0 Å². The molecule has 6 nitrogen and oxygen atoms in total. The molecule has 3 heterocycles. The molecule has 1 N–H and O–H groups in total. The van der Waals surface area contributed by atoms with E-state index in [1.54, 1.807) is 12.3 Å². The zero-order valence-corrected chi connectivity index (χ0v) is 13.8. The van der Waals surface area contributed by atoms with Crippen LogP contribution in [0.4, 0.5) is 0 Å². The van der Waals surface area contributed by atoms with Gasteiger partial charge in [-0.3, -0.25) is 9.48 Å².